The molecule has 0 amide bonds. The largest absolute Gasteiger partial charge is 0.508 e. The van der Waals surface area contributed by atoms with Gasteiger partial charge in [0.25, 0.3) is 0 Å². The van der Waals surface area contributed by atoms with Gasteiger partial charge < -0.3 is 15.5 Å². The Bertz CT molecular complexity index is 454. The second-order valence-corrected chi connectivity index (χ2v) is 6.40. The molecular weight excluding hydrogens is 252 g/mol. The van der Waals surface area contributed by atoms with E-state index in [4.69, 9.17) is 0 Å². The van der Waals surface area contributed by atoms with E-state index in [0.29, 0.717) is 5.75 Å². The first-order chi connectivity index (χ1) is 9.45. The fourth-order valence-corrected chi connectivity index (χ4v) is 3.02. The smallest absolute Gasteiger partial charge is 0.120 e. The molecular formula is C16H26N2O2. The Hall–Kier alpha value is -1.10. The second kappa shape index (κ2) is 6.12. The van der Waals surface area contributed by atoms with Gasteiger partial charge in [0.2, 0.25) is 0 Å². The van der Waals surface area contributed by atoms with E-state index in [2.05, 4.69) is 24.1 Å². The first-order valence-electron chi connectivity index (χ1n) is 7.31. The predicted molar refractivity (Wildman–Crippen MR) is 80.9 cm³/mol. The van der Waals surface area contributed by atoms with E-state index < -0.39 is 0 Å². The van der Waals surface area contributed by atoms with Crippen molar-refractivity contribution in [1.29, 1.82) is 0 Å². The average molecular weight is 278 g/mol. The molecule has 1 aromatic carbocycles. The van der Waals surface area contributed by atoms with Gasteiger partial charge >= 0.3 is 0 Å². The molecule has 4 heteroatoms. The van der Waals surface area contributed by atoms with Crippen LogP contribution in [0.2, 0.25) is 0 Å². The van der Waals surface area contributed by atoms with Crippen molar-refractivity contribution < 1.29 is 10.2 Å². The summed E-state index contributed by atoms with van der Waals surface area (Å²) in [6.07, 6.45) is 0. The van der Waals surface area contributed by atoms with Gasteiger partial charge in [0.15, 0.2) is 0 Å². The lowest BCUT2D eigenvalue weighted by atomic mass is 9.79. The lowest BCUT2D eigenvalue weighted by molar-refractivity contribution is 0.0293. The van der Waals surface area contributed by atoms with E-state index in [1.165, 1.54) is 0 Å². The molecule has 0 aliphatic carbocycles. The highest BCUT2D eigenvalue weighted by atomic mass is 16.3. The molecule has 1 heterocycles. The molecule has 1 atom stereocenters. The summed E-state index contributed by atoms with van der Waals surface area (Å²) in [7, 11) is 0. The van der Waals surface area contributed by atoms with Gasteiger partial charge in [-0.05, 0) is 18.6 Å². The van der Waals surface area contributed by atoms with Crippen molar-refractivity contribution in [2.45, 2.75) is 26.8 Å². The van der Waals surface area contributed by atoms with Crippen LogP contribution in [0.25, 0.3) is 0 Å². The van der Waals surface area contributed by atoms with Gasteiger partial charge in [0.1, 0.15) is 5.75 Å². The highest BCUT2D eigenvalue weighted by Gasteiger charge is 2.36. The van der Waals surface area contributed by atoms with Gasteiger partial charge in [-0.25, -0.2) is 0 Å². The van der Waals surface area contributed by atoms with Crippen molar-refractivity contribution in [1.82, 2.24) is 10.2 Å². The molecule has 0 saturated carbocycles. The van der Waals surface area contributed by atoms with Crippen LogP contribution < -0.4 is 5.32 Å². The van der Waals surface area contributed by atoms with E-state index in [1.807, 2.05) is 19.1 Å². The van der Waals surface area contributed by atoms with Crippen LogP contribution in [0.1, 0.15) is 31.0 Å². The summed E-state index contributed by atoms with van der Waals surface area (Å²) in [4.78, 5) is 2.36. The molecule has 3 N–H and O–H groups in total. The molecule has 2 rings (SSSR count). The minimum absolute atomic E-state index is 0.0233. The highest BCUT2D eigenvalue weighted by molar-refractivity contribution is 5.39. The predicted octanol–water partition coefficient (Wildman–Crippen LogP) is 1.67. The summed E-state index contributed by atoms with van der Waals surface area (Å²) in [6, 6.07) is 5.85. The van der Waals surface area contributed by atoms with E-state index in [-0.39, 0.29) is 18.1 Å². The quantitative estimate of drug-likeness (QED) is 0.784. The molecule has 0 radical (unpaired) electrons. The summed E-state index contributed by atoms with van der Waals surface area (Å²) in [6.45, 7) is 9.94. The molecule has 112 valence electrons. The summed E-state index contributed by atoms with van der Waals surface area (Å²) in [5, 5.41) is 23.5. The summed E-state index contributed by atoms with van der Waals surface area (Å²) in [5.41, 5.74) is 1.66. The van der Waals surface area contributed by atoms with Gasteiger partial charge in [-0.2, -0.15) is 0 Å². The summed E-state index contributed by atoms with van der Waals surface area (Å²) in [5.74, 6) is 0.329. The molecule has 1 aliphatic heterocycles. The first-order valence-corrected chi connectivity index (χ1v) is 7.31. The number of piperazine rings is 1. The number of benzene rings is 1. The zero-order valence-corrected chi connectivity index (χ0v) is 12.7. The van der Waals surface area contributed by atoms with Crippen LogP contribution in [-0.4, -0.2) is 47.9 Å². The lowest BCUT2D eigenvalue weighted by Gasteiger charge is -2.43. The average Bonchev–Trinajstić information content (AvgIpc) is 2.43. The third-order valence-corrected chi connectivity index (χ3v) is 4.14. The van der Waals surface area contributed by atoms with Crippen LogP contribution in [0.15, 0.2) is 18.2 Å². The van der Waals surface area contributed by atoms with Crippen molar-refractivity contribution in [3.05, 3.63) is 29.3 Å². The topological polar surface area (TPSA) is 55.7 Å². The maximum absolute atomic E-state index is 10.3. The van der Waals surface area contributed by atoms with Gasteiger partial charge in [-0.1, -0.05) is 26.0 Å². The Balaban J connectivity index is 2.39. The molecule has 0 unspecified atom stereocenters. The third-order valence-electron chi connectivity index (χ3n) is 4.14. The van der Waals surface area contributed by atoms with Crippen LogP contribution in [0.5, 0.6) is 5.75 Å². The summed E-state index contributed by atoms with van der Waals surface area (Å²) >= 11 is 0. The molecule has 0 spiro atoms. The summed E-state index contributed by atoms with van der Waals surface area (Å²) < 4.78 is 0. The van der Waals surface area contributed by atoms with Crippen molar-refractivity contribution in [3.63, 3.8) is 0 Å². The number of aryl methyl sites for hydroxylation is 1. The van der Waals surface area contributed by atoms with E-state index >= 15 is 0 Å². The standard InChI is InChI=1S/C16H26N2O2/c1-12-4-5-13(14(20)10-12)15(16(2,3)11-19)18-8-6-17-7-9-18/h4-5,10,15,17,19-20H,6-9,11H2,1-3H3/t15-/m1/s1. The first kappa shape index (κ1) is 15.3. The van der Waals surface area contributed by atoms with E-state index in [9.17, 15) is 10.2 Å². The lowest BCUT2D eigenvalue weighted by Crippen LogP contribution is -2.49. The maximum atomic E-state index is 10.3. The zero-order valence-electron chi connectivity index (χ0n) is 12.7. The minimum atomic E-state index is -0.302. The molecule has 1 aromatic rings. The van der Waals surface area contributed by atoms with Crippen LogP contribution in [0.3, 0.4) is 0 Å². The van der Waals surface area contributed by atoms with E-state index in [0.717, 1.165) is 37.3 Å². The minimum Gasteiger partial charge on any atom is -0.508 e. The number of phenolic OH excluding ortho intramolecular Hbond substituents is 1. The van der Waals surface area contributed by atoms with Crippen molar-refractivity contribution in [2.24, 2.45) is 5.41 Å². The Labute approximate surface area is 121 Å². The molecule has 1 fully saturated rings. The van der Waals surface area contributed by atoms with Crippen LogP contribution >= 0.6 is 0 Å². The second-order valence-electron chi connectivity index (χ2n) is 6.40. The number of hydrogen-bond acceptors (Lipinski definition) is 4. The normalized spacial score (nSPS) is 19.0. The van der Waals surface area contributed by atoms with Gasteiger partial charge in [-0.3, -0.25) is 4.90 Å². The molecule has 20 heavy (non-hydrogen) atoms. The fourth-order valence-electron chi connectivity index (χ4n) is 3.02. The molecule has 0 aromatic heterocycles. The van der Waals surface area contributed by atoms with E-state index in [1.54, 1.807) is 6.07 Å². The number of aromatic hydroxyl groups is 1. The number of aliphatic hydroxyl groups is 1. The fraction of sp³-hybridized carbons (Fsp3) is 0.625. The van der Waals surface area contributed by atoms with Gasteiger partial charge in [0, 0.05) is 49.8 Å². The van der Waals surface area contributed by atoms with Gasteiger partial charge in [-0.15, -0.1) is 0 Å². The Kier molecular flexibility index (Phi) is 4.68. The number of rotatable bonds is 4. The van der Waals surface area contributed by atoms with Crippen molar-refractivity contribution >= 4 is 0 Å². The SMILES string of the molecule is Cc1ccc([C@@H](N2CCNCC2)C(C)(C)CO)c(O)c1. The number of hydrogen-bond donors (Lipinski definition) is 3. The number of nitrogens with zero attached hydrogens (tertiary/aromatic N) is 1. The Morgan fingerprint density at radius 3 is 2.50 bits per heavy atom. The van der Waals surface area contributed by atoms with Crippen molar-refractivity contribution in [3.8, 4) is 5.75 Å². The molecule has 0 bridgehead atoms. The van der Waals surface area contributed by atoms with Crippen LogP contribution in [-0.2, 0) is 0 Å². The third kappa shape index (κ3) is 3.14. The maximum Gasteiger partial charge on any atom is 0.120 e. The Morgan fingerprint density at radius 1 is 1.30 bits per heavy atom. The number of phenols is 1. The highest BCUT2D eigenvalue weighted by Crippen LogP contribution is 2.41. The monoisotopic (exact) mass is 278 g/mol. The number of aliphatic hydroxyl groups excluding tert-OH is 1. The molecule has 1 aliphatic rings. The van der Waals surface area contributed by atoms with Crippen LogP contribution in [0.4, 0.5) is 0 Å². The molecule has 1 saturated heterocycles. The van der Waals surface area contributed by atoms with Gasteiger partial charge in [0.05, 0.1) is 0 Å². The van der Waals surface area contributed by atoms with Crippen LogP contribution in [0, 0.1) is 12.3 Å². The Morgan fingerprint density at radius 2 is 1.95 bits per heavy atom. The molecule has 4 nitrogen and oxygen atoms in total. The zero-order chi connectivity index (χ0) is 14.8. The number of nitrogens with one attached hydrogen (secondary N) is 1. The van der Waals surface area contributed by atoms with Crippen molar-refractivity contribution in [2.75, 3.05) is 32.8 Å².